The van der Waals surface area contributed by atoms with Gasteiger partial charge in [-0.1, -0.05) is 0 Å². The number of aromatic nitrogens is 2. The lowest BCUT2D eigenvalue weighted by Gasteiger charge is -2.12. The van der Waals surface area contributed by atoms with Gasteiger partial charge < -0.3 is 28.8 Å². The quantitative estimate of drug-likeness (QED) is 0.362. The van der Waals surface area contributed by atoms with Gasteiger partial charge in [0, 0.05) is 31.6 Å². The van der Waals surface area contributed by atoms with E-state index in [4.69, 9.17) is 14.2 Å². The van der Waals surface area contributed by atoms with E-state index in [9.17, 15) is 22.8 Å². The first-order valence-electron chi connectivity index (χ1n) is 11.1. The Balaban J connectivity index is 1.94. The maximum atomic E-state index is 13.0. The van der Waals surface area contributed by atoms with E-state index >= 15 is 0 Å². The lowest BCUT2D eigenvalue weighted by Crippen LogP contribution is -2.29. The van der Waals surface area contributed by atoms with Crippen molar-refractivity contribution < 1.29 is 41.7 Å². The van der Waals surface area contributed by atoms with Crippen molar-refractivity contribution in [3.05, 3.63) is 52.1 Å². The molecule has 0 aliphatic heterocycles. The molecule has 3 aromatic rings. The van der Waals surface area contributed by atoms with E-state index in [1.807, 2.05) is 0 Å². The molecule has 0 spiro atoms. The van der Waals surface area contributed by atoms with Gasteiger partial charge in [-0.05, 0) is 42.3 Å². The molecule has 10 nitrogen and oxygen atoms in total. The Kier molecular flexibility index (Phi) is 9.85. The second-order valence-electron chi connectivity index (χ2n) is 7.59. The fourth-order valence-electron chi connectivity index (χ4n) is 3.34. The largest absolute Gasteiger partial charge is 0.573 e. The fourth-order valence-corrected chi connectivity index (χ4v) is 4.28. The van der Waals surface area contributed by atoms with Crippen LogP contribution in [-0.2, 0) is 16.1 Å². The number of rotatable bonds is 11. The highest BCUT2D eigenvalue weighted by Crippen LogP contribution is 2.27. The SMILES string of the molecule is COCC(=O)NCCCn1c(-c2ccc(OC(F)(F)F)cc2)csc1=NC(=O)c1ccc(OC)nc1OC. The summed E-state index contributed by atoms with van der Waals surface area (Å²) in [6.07, 6.45) is -4.33. The zero-order chi connectivity index (χ0) is 27.7. The first kappa shape index (κ1) is 28.7. The van der Waals surface area contributed by atoms with E-state index in [1.54, 1.807) is 9.95 Å². The molecule has 2 aromatic heterocycles. The Bertz CT molecular complexity index is 1320. The molecule has 0 aliphatic rings. The number of amides is 2. The van der Waals surface area contributed by atoms with Crippen molar-refractivity contribution in [3.8, 4) is 28.8 Å². The van der Waals surface area contributed by atoms with Crippen LogP contribution in [0.3, 0.4) is 0 Å². The second-order valence-corrected chi connectivity index (χ2v) is 8.43. The third-order valence-corrected chi connectivity index (χ3v) is 5.87. The average molecular weight is 555 g/mol. The smallest absolute Gasteiger partial charge is 0.481 e. The van der Waals surface area contributed by atoms with Gasteiger partial charge in [-0.2, -0.15) is 9.98 Å². The second kappa shape index (κ2) is 13.1. The summed E-state index contributed by atoms with van der Waals surface area (Å²) in [5, 5.41) is 4.45. The lowest BCUT2D eigenvalue weighted by atomic mass is 10.1. The Labute approximate surface area is 219 Å². The number of carbonyl (C=O) groups is 2. The summed E-state index contributed by atoms with van der Waals surface area (Å²) < 4.78 is 58.4. The van der Waals surface area contributed by atoms with Gasteiger partial charge in [0.15, 0.2) is 4.80 Å². The highest BCUT2D eigenvalue weighted by atomic mass is 32.1. The number of nitrogens with zero attached hydrogens (tertiary/aromatic N) is 3. The molecule has 0 fully saturated rings. The molecule has 0 saturated heterocycles. The summed E-state index contributed by atoms with van der Waals surface area (Å²) in [6, 6.07) is 8.34. The molecule has 0 radical (unpaired) electrons. The zero-order valence-corrected chi connectivity index (χ0v) is 21.5. The van der Waals surface area contributed by atoms with E-state index in [1.165, 1.54) is 69.1 Å². The monoisotopic (exact) mass is 554 g/mol. The number of hydrogen-bond acceptors (Lipinski definition) is 8. The summed E-state index contributed by atoms with van der Waals surface area (Å²) in [5.41, 5.74) is 1.32. The van der Waals surface area contributed by atoms with Gasteiger partial charge in [0.05, 0.1) is 19.9 Å². The van der Waals surface area contributed by atoms with Crippen LogP contribution in [0.4, 0.5) is 13.2 Å². The first-order valence-corrected chi connectivity index (χ1v) is 12.0. The van der Waals surface area contributed by atoms with Gasteiger partial charge in [-0.3, -0.25) is 9.59 Å². The van der Waals surface area contributed by atoms with Gasteiger partial charge in [-0.25, -0.2) is 0 Å². The maximum absolute atomic E-state index is 13.0. The average Bonchev–Trinajstić information content (AvgIpc) is 3.27. The van der Waals surface area contributed by atoms with Crippen LogP contribution in [0.2, 0.25) is 0 Å². The molecule has 1 aromatic carbocycles. The molecular formula is C24H25F3N4O6S. The van der Waals surface area contributed by atoms with E-state index in [-0.39, 0.29) is 35.6 Å². The standard InChI is InChI=1S/C24H25F3N4O6S/c1-34-13-19(32)28-11-4-12-31-18(15-5-7-16(8-6-15)37-24(25,26)27)14-38-23(31)30-21(33)17-9-10-20(35-2)29-22(17)36-3/h5-10,14H,4,11-13H2,1-3H3,(H,28,32). The molecule has 2 amide bonds. The lowest BCUT2D eigenvalue weighted by molar-refractivity contribution is -0.274. The number of halogens is 3. The van der Waals surface area contributed by atoms with Crippen LogP contribution in [0.15, 0.2) is 46.8 Å². The number of nitrogens with one attached hydrogen (secondary N) is 1. The van der Waals surface area contributed by atoms with Crippen LogP contribution < -0.4 is 24.3 Å². The van der Waals surface area contributed by atoms with Crippen molar-refractivity contribution in [3.63, 3.8) is 0 Å². The number of thiazole rings is 1. The molecule has 0 atom stereocenters. The van der Waals surface area contributed by atoms with Gasteiger partial charge in [0.25, 0.3) is 5.91 Å². The van der Waals surface area contributed by atoms with E-state index < -0.39 is 12.3 Å². The maximum Gasteiger partial charge on any atom is 0.573 e. The highest BCUT2D eigenvalue weighted by Gasteiger charge is 2.31. The Morgan fingerprint density at radius 3 is 2.45 bits per heavy atom. The van der Waals surface area contributed by atoms with Crippen LogP contribution in [0, 0.1) is 0 Å². The number of hydrogen-bond donors (Lipinski definition) is 1. The molecule has 38 heavy (non-hydrogen) atoms. The molecule has 2 heterocycles. The minimum atomic E-state index is -4.80. The van der Waals surface area contributed by atoms with Crippen LogP contribution in [0.1, 0.15) is 16.8 Å². The number of ether oxygens (including phenoxy) is 4. The van der Waals surface area contributed by atoms with Crippen LogP contribution >= 0.6 is 11.3 Å². The zero-order valence-electron chi connectivity index (χ0n) is 20.7. The molecule has 0 unspecified atom stereocenters. The molecular weight excluding hydrogens is 529 g/mol. The third-order valence-electron chi connectivity index (χ3n) is 5.00. The van der Waals surface area contributed by atoms with Crippen LogP contribution in [0.25, 0.3) is 11.3 Å². The first-order chi connectivity index (χ1) is 18.1. The molecule has 1 N–H and O–H groups in total. The number of methoxy groups -OCH3 is 3. The Hall–Kier alpha value is -3.91. The van der Waals surface area contributed by atoms with Gasteiger partial charge in [0.2, 0.25) is 17.7 Å². The van der Waals surface area contributed by atoms with Crippen molar-refractivity contribution >= 4 is 23.2 Å². The summed E-state index contributed by atoms with van der Waals surface area (Å²) in [7, 11) is 4.21. The van der Waals surface area contributed by atoms with Gasteiger partial charge in [0.1, 0.15) is 17.9 Å². The molecule has 0 saturated carbocycles. The molecule has 204 valence electrons. The summed E-state index contributed by atoms with van der Waals surface area (Å²) >= 11 is 1.17. The number of carbonyl (C=O) groups excluding carboxylic acids is 2. The number of benzene rings is 1. The normalized spacial score (nSPS) is 11.8. The Morgan fingerprint density at radius 2 is 1.82 bits per heavy atom. The van der Waals surface area contributed by atoms with Crippen molar-refractivity contribution in [1.29, 1.82) is 0 Å². The fraction of sp³-hybridized carbons (Fsp3) is 0.333. The summed E-state index contributed by atoms with van der Waals surface area (Å²) in [4.78, 5) is 33.4. The van der Waals surface area contributed by atoms with Gasteiger partial charge in [-0.15, -0.1) is 24.5 Å². The van der Waals surface area contributed by atoms with Crippen molar-refractivity contribution in [2.45, 2.75) is 19.3 Å². The van der Waals surface area contributed by atoms with E-state index in [0.717, 1.165) is 0 Å². The van der Waals surface area contributed by atoms with E-state index in [2.05, 4.69) is 20.0 Å². The predicted molar refractivity (Wildman–Crippen MR) is 131 cm³/mol. The Morgan fingerprint density at radius 1 is 1.08 bits per heavy atom. The van der Waals surface area contributed by atoms with Crippen molar-refractivity contribution in [1.82, 2.24) is 14.9 Å². The van der Waals surface area contributed by atoms with Crippen molar-refractivity contribution in [2.75, 3.05) is 34.5 Å². The summed E-state index contributed by atoms with van der Waals surface area (Å²) in [6.45, 7) is 0.597. The summed E-state index contributed by atoms with van der Waals surface area (Å²) in [5.74, 6) is -0.935. The number of pyridine rings is 1. The molecule has 3 rings (SSSR count). The minimum Gasteiger partial charge on any atom is -0.481 e. The minimum absolute atomic E-state index is 0.0440. The highest BCUT2D eigenvalue weighted by molar-refractivity contribution is 7.07. The van der Waals surface area contributed by atoms with Gasteiger partial charge >= 0.3 is 6.36 Å². The van der Waals surface area contributed by atoms with Crippen molar-refractivity contribution in [2.24, 2.45) is 4.99 Å². The molecule has 14 heteroatoms. The van der Waals surface area contributed by atoms with Crippen LogP contribution in [0.5, 0.6) is 17.5 Å². The molecule has 0 aliphatic carbocycles. The van der Waals surface area contributed by atoms with E-state index in [0.29, 0.717) is 35.6 Å². The third kappa shape index (κ3) is 7.79. The number of alkyl halides is 3. The van der Waals surface area contributed by atoms with Crippen LogP contribution in [-0.4, -0.2) is 62.2 Å². The topological polar surface area (TPSA) is 113 Å². The predicted octanol–water partition coefficient (Wildman–Crippen LogP) is 3.42. The molecule has 0 bridgehead atoms.